The fraction of sp³-hybridized carbons (Fsp3) is 0.273. The number of benzene rings is 2. The first-order valence-electron chi connectivity index (χ1n) is 13.0. The first kappa shape index (κ1) is 29.2. The number of pyridine rings is 2. The zero-order valence-electron chi connectivity index (χ0n) is 23.0. The van der Waals surface area contributed by atoms with Crippen LogP contribution in [0.4, 0.5) is 4.39 Å². The molecule has 0 saturated heterocycles. The van der Waals surface area contributed by atoms with Crippen molar-refractivity contribution in [1.82, 2.24) is 15.3 Å². The van der Waals surface area contributed by atoms with Crippen molar-refractivity contribution in [2.24, 2.45) is 0 Å². The van der Waals surface area contributed by atoms with E-state index in [-0.39, 0.29) is 17.3 Å². The Morgan fingerprint density at radius 1 is 0.821 bits per heavy atom. The van der Waals surface area contributed by atoms with Crippen molar-refractivity contribution in [3.05, 3.63) is 130 Å². The number of hydrogen-bond acceptors (Lipinski definition) is 4. The number of hydrogen-bond donors (Lipinski definition) is 1. The van der Waals surface area contributed by atoms with Gasteiger partial charge in [-0.25, -0.2) is 9.37 Å². The van der Waals surface area contributed by atoms with Crippen LogP contribution in [0.25, 0.3) is 0 Å². The predicted molar refractivity (Wildman–Crippen MR) is 153 cm³/mol. The lowest BCUT2D eigenvalue weighted by molar-refractivity contribution is 0.0913. The Bertz CT molecular complexity index is 1400. The van der Waals surface area contributed by atoms with Gasteiger partial charge in [-0.1, -0.05) is 54.1 Å². The molecule has 0 aliphatic rings. The predicted octanol–water partition coefficient (Wildman–Crippen LogP) is 6.58. The van der Waals surface area contributed by atoms with E-state index >= 15 is 0 Å². The van der Waals surface area contributed by atoms with Gasteiger partial charge < -0.3 is 5.32 Å². The van der Waals surface area contributed by atoms with E-state index in [4.69, 9.17) is 5.26 Å². The molecule has 0 unspecified atom stereocenters. The van der Waals surface area contributed by atoms with Gasteiger partial charge in [0.05, 0.1) is 0 Å². The molecular weight excluding hydrogens is 487 g/mol. The summed E-state index contributed by atoms with van der Waals surface area (Å²) in [5.74, 6) is -0.405. The highest BCUT2D eigenvalue weighted by atomic mass is 19.1. The normalized spacial score (nSPS) is 10.7. The standard InChI is InChI=1S/C18H21FN2O.C15H14N2/c1-18(2,3)21-17(22)16-14(5-4-12-20-16)9-6-13-7-10-15(19)11-8-13;1-12-4-6-13(7-5-12)8-9-14-3-2-10-17-15(14)11-16/h4-5,7-8,10-12H,6,9H2,1-3H3,(H,21,22);2-7,10H,8-9H2,1H3. The van der Waals surface area contributed by atoms with Gasteiger partial charge in [0.1, 0.15) is 23.3 Å². The molecular formula is C33H35FN4O. The van der Waals surface area contributed by atoms with E-state index in [1.54, 1.807) is 24.5 Å². The van der Waals surface area contributed by atoms with Gasteiger partial charge in [0, 0.05) is 17.9 Å². The van der Waals surface area contributed by atoms with E-state index in [1.165, 1.54) is 23.3 Å². The van der Waals surface area contributed by atoms with Gasteiger partial charge in [0.2, 0.25) is 0 Å². The Morgan fingerprint density at radius 2 is 1.36 bits per heavy atom. The number of nitrogens with one attached hydrogen (secondary N) is 1. The van der Waals surface area contributed by atoms with Crippen molar-refractivity contribution in [2.75, 3.05) is 0 Å². The number of carbonyl (C=O) groups is 1. The lowest BCUT2D eigenvalue weighted by Gasteiger charge is -2.21. The van der Waals surface area contributed by atoms with Crippen LogP contribution in [0.5, 0.6) is 0 Å². The molecule has 4 rings (SSSR count). The van der Waals surface area contributed by atoms with Crippen LogP contribution in [-0.2, 0) is 25.7 Å². The molecule has 0 aliphatic carbocycles. The van der Waals surface area contributed by atoms with Gasteiger partial charge in [-0.15, -0.1) is 0 Å². The number of aryl methyl sites for hydroxylation is 5. The average Bonchev–Trinajstić information content (AvgIpc) is 2.92. The number of nitriles is 1. The van der Waals surface area contributed by atoms with Crippen LogP contribution in [-0.4, -0.2) is 21.4 Å². The second kappa shape index (κ2) is 14.0. The highest BCUT2D eigenvalue weighted by Gasteiger charge is 2.18. The summed E-state index contributed by atoms with van der Waals surface area (Å²) >= 11 is 0. The van der Waals surface area contributed by atoms with Crippen molar-refractivity contribution in [2.45, 2.75) is 58.9 Å². The Morgan fingerprint density at radius 3 is 1.95 bits per heavy atom. The molecule has 2 aromatic carbocycles. The first-order chi connectivity index (χ1) is 18.6. The Labute approximate surface area is 230 Å². The molecule has 0 bridgehead atoms. The van der Waals surface area contributed by atoms with E-state index in [2.05, 4.69) is 52.5 Å². The van der Waals surface area contributed by atoms with Crippen LogP contribution in [0.15, 0.2) is 85.2 Å². The Kier molecular flexibility index (Phi) is 10.5. The van der Waals surface area contributed by atoms with Gasteiger partial charge in [-0.3, -0.25) is 9.78 Å². The molecule has 6 heteroatoms. The quantitative estimate of drug-likeness (QED) is 0.297. The number of halogens is 1. The van der Waals surface area contributed by atoms with Crippen LogP contribution in [0, 0.1) is 24.1 Å². The van der Waals surface area contributed by atoms with Crippen LogP contribution < -0.4 is 5.32 Å². The van der Waals surface area contributed by atoms with Gasteiger partial charge in [0.15, 0.2) is 0 Å². The minimum absolute atomic E-state index is 0.165. The second-order valence-corrected chi connectivity index (χ2v) is 10.5. The Balaban J connectivity index is 0.000000223. The zero-order valence-corrected chi connectivity index (χ0v) is 23.0. The summed E-state index contributed by atoms with van der Waals surface area (Å²) in [7, 11) is 0. The maximum Gasteiger partial charge on any atom is 0.270 e. The fourth-order valence-electron chi connectivity index (χ4n) is 3.95. The monoisotopic (exact) mass is 522 g/mol. The molecule has 0 spiro atoms. The van der Waals surface area contributed by atoms with Crippen LogP contribution in [0.2, 0.25) is 0 Å². The number of carbonyl (C=O) groups excluding carboxylic acids is 1. The first-order valence-corrected chi connectivity index (χ1v) is 13.0. The second-order valence-electron chi connectivity index (χ2n) is 10.5. The summed E-state index contributed by atoms with van der Waals surface area (Å²) in [5.41, 5.74) is 6.22. The topological polar surface area (TPSA) is 78.7 Å². The maximum atomic E-state index is 12.9. The molecule has 2 heterocycles. The van der Waals surface area contributed by atoms with E-state index in [9.17, 15) is 9.18 Å². The lowest BCUT2D eigenvalue weighted by Crippen LogP contribution is -2.41. The summed E-state index contributed by atoms with van der Waals surface area (Å²) in [6.07, 6.45) is 6.52. The van der Waals surface area contributed by atoms with Gasteiger partial charge >= 0.3 is 0 Å². The molecule has 1 amide bonds. The van der Waals surface area contributed by atoms with Gasteiger partial charge in [0.25, 0.3) is 5.91 Å². The van der Waals surface area contributed by atoms with Crippen molar-refractivity contribution in [3.63, 3.8) is 0 Å². The number of nitrogens with zero attached hydrogens (tertiary/aromatic N) is 3. The molecule has 2 aromatic heterocycles. The molecule has 5 nitrogen and oxygen atoms in total. The lowest BCUT2D eigenvalue weighted by atomic mass is 10.0. The van der Waals surface area contributed by atoms with E-state index in [0.29, 0.717) is 17.8 Å². The third-order valence-electron chi connectivity index (χ3n) is 5.99. The van der Waals surface area contributed by atoms with Crippen molar-refractivity contribution in [3.8, 4) is 6.07 Å². The van der Waals surface area contributed by atoms with Crippen LogP contribution in [0.1, 0.15) is 64.8 Å². The van der Waals surface area contributed by atoms with E-state index < -0.39 is 0 Å². The third kappa shape index (κ3) is 9.79. The van der Waals surface area contributed by atoms with Crippen molar-refractivity contribution < 1.29 is 9.18 Å². The molecule has 4 aromatic rings. The fourth-order valence-corrected chi connectivity index (χ4v) is 3.95. The molecule has 0 atom stereocenters. The molecule has 39 heavy (non-hydrogen) atoms. The molecule has 1 N–H and O–H groups in total. The molecule has 0 saturated carbocycles. The van der Waals surface area contributed by atoms with E-state index in [0.717, 1.165) is 36.0 Å². The largest absolute Gasteiger partial charge is 0.346 e. The van der Waals surface area contributed by atoms with Gasteiger partial charge in [-0.05, 0) is 99.9 Å². The summed E-state index contributed by atoms with van der Waals surface area (Å²) in [6, 6.07) is 24.7. The highest BCUT2D eigenvalue weighted by molar-refractivity contribution is 5.94. The van der Waals surface area contributed by atoms with E-state index in [1.807, 2.05) is 45.0 Å². The average molecular weight is 523 g/mol. The maximum absolute atomic E-state index is 12.9. The van der Waals surface area contributed by atoms with Crippen molar-refractivity contribution in [1.29, 1.82) is 5.26 Å². The number of aromatic nitrogens is 2. The SMILES string of the molecule is CC(C)(C)NC(=O)c1ncccc1CCc1ccc(F)cc1.Cc1ccc(CCc2cccnc2C#N)cc1. The minimum atomic E-state index is -0.303. The van der Waals surface area contributed by atoms with Gasteiger partial charge in [-0.2, -0.15) is 5.26 Å². The zero-order chi connectivity index (χ0) is 28.3. The highest BCUT2D eigenvalue weighted by Crippen LogP contribution is 2.13. The summed E-state index contributed by atoms with van der Waals surface area (Å²) in [4.78, 5) is 20.6. The molecule has 200 valence electrons. The molecule has 0 fully saturated rings. The summed E-state index contributed by atoms with van der Waals surface area (Å²) in [5, 5.41) is 11.9. The Hall–Kier alpha value is -4.37. The summed E-state index contributed by atoms with van der Waals surface area (Å²) in [6.45, 7) is 7.89. The molecule has 0 radical (unpaired) electrons. The smallest absolute Gasteiger partial charge is 0.270 e. The summed E-state index contributed by atoms with van der Waals surface area (Å²) < 4.78 is 12.9. The third-order valence-corrected chi connectivity index (χ3v) is 5.99. The van der Waals surface area contributed by atoms with Crippen LogP contribution >= 0.6 is 0 Å². The minimum Gasteiger partial charge on any atom is -0.346 e. The van der Waals surface area contributed by atoms with Crippen molar-refractivity contribution >= 4 is 5.91 Å². The number of rotatable bonds is 7. The molecule has 0 aliphatic heterocycles. The van der Waals surface area contributed by atoms with Crippen LogP contribution in [0.3, 0.4) is 0 Å². The number of amides is 1.